The van der Waals surface area contributed by atoms with Gasteiger partial charge in [-0.15, -0.1) is 0 Å². The van der Waals surface area contributed by atoms with E-state index in [1.165, 1.54) is 17.3 Å². The highest BCUT2D eigenvalue weighted by atomic mass is 32.2. The number of rotatable bonds is 10. The molecule has 0 aliphatic carbocycles. The van der Waals surface area contributed by atoms with Crippen molar-refractivity contribution in [2.45, 2.75) is 13.3 Å². The van der Waals surface area contributed by atoms with Gasteiger partial charge in [-0.1, -0.05) is 6.92 Å². The van der Waals surface area contributed by atoms with E-state index in [4.69, 9.17) is 4.74 Å². The monoisotopic (exact) mass is 240 g/mol. The Morgan fingerprint density at radius 2 is 1.69 bits per heavy atom. The molecule has 0 unspecified atom stereocenters. The lowest BCUT2D eigenvalue weighted by molar-refractivity contribution is 0.151. The van der Waals surface area contributed by atoms with Crippen LogP contribution in [0.3, 0.4) is 0 Å². The lowest BCUT2D eigenvalue weighted by Gasteiger charge is -2.02. The Labute approximate surface area is 96.2 Å². The molecule has 1 nitrogen and oxygen atoms in total. The summed E-state index contributed by atoms with van der Waals surface area (Å²) < 4.78 is 5.37. The third kappa shape index (κ3) is 13.0. The number of ether oxygens (including phenoxy) is 1. The fourth-order valence-corrected chi connectivity index (χ4v) is 2.85. The first-order valence-corrected chi connectivity index (χ1v) is 7.70. The van der Waals surface area contributed by atoms with Crippen LogP contribution in [0.2, 0.25) is 0 Å². The molecule has 4 heteroatoms. The molecule has 0 aliphatic heterocycles. The van der Waals surface area contributed by atoms with Gasteiger partial charge in [0.2, 0.25) is 0 Å². The maximum atomic E-state index is 5.37. The maximum Gasteiger partial charge on any atom is 0.0556 e. The molecule has 0 aliphatic rings. The van der Waals surface area contributed by atoms with Crippen molar-refractivity contribution >= 4 is 36.2 Å². The quantitative estimate of drug-likeness (QED) is 0.465. The third-order valence-corrected chi connectivity index (χ3v) is 4.05. The zero-order chi connectivity index (χ0) is 9.78. The van der Waals surface area contributed by atoms with Crippen molar-refractivity contribution < 1.29 is 4.74 Å². The van der Waals surface area contributed by atoms with Crippen molar-refractivity contribution in [1.29, 1.82) is 0 Å². The van der Waals surface area contributed by atoms with Crippen LogP contribution in [0.4, 0.5) is 0 Å². The van der Waals surface area contributed by atoms with Gasteiger partial charge in [-0.05, 0) is 12.2 Å². The molecule has 0 atom stereocenters. The lowest BCUT2D eigenvalue weighted by atomic mass is 10.5. The molecular formula is C9H20OS3. The first kappa shape index (κ1) is 14.0. The van der Waals surface area contributed by atoms with E-state index in [0.717, 1.165) is 31.1 Å². The summed E-state index contributed by atoms with van der Waals surface area (Å²) in [4.78, 5) is 0. The van der Waals surface area contributed by atoms with E-state index in [2.05, 4.69) is 19.6 Å². The smallest absolute Gasteiger partial charge is 0.0556 e. The highest BCUT2D eigenvalue weighted by Gasteiger charge is 1.90. The van der Waals surface area contributed by atoms with E-state index in [9.17, 15) is 0 Å². The minimum absolute atomic E-state index is 0.912. The summed E-state index contributed by atoms with van der Waals surface area (Å²) in [6, 6.07) is 0. The van der Waals surface area contributed by atoms with Gasteiger partial charge in [-0.3, -0.25) is 0 Å². The highest BCUT2D eigenvalue weighted by Crippen LogP contribution is 2.06. The fraction of sp³-hybridized carbons (Fsp3) is 1.00. The van der Waals surface area contributed by atoms with Crippen LogP contribution in [0.15, 0.2) is 0 Å². The maximum absolute atomic E-state index is 5.37. The number of thiol groups is 1. The first-order chi connectivity index (χ1) is 6.41. The first-order valence-electron chi connectivity index (χ1n) is 4.76. The van der Waals surface area contributed by atoms with Crippen molar-refractivity contribution in [2.24, 2.45) is 0 Å². The van der Waals surface area contributed by atoms with E-state index < -0.39 is 0 Å². The second-order valence-corrected chi connectivity index (χ2v) is 5.46. The normalized spacial score (nSPS) is 10.6. The average molecular weight is 240 g/mol. The second kappa shape index (κ2) is 13.0. The molecule has 0 rings (SSSR count). The molecular weight excluding hydrogens is 220 g/mol. The molecule has 0 fully saturated rings. The molecule has 0 saturated heterocycles. The molecule has 0 N–H and O–H groups in total. The average Bonchev–Trinajstić information content (AvgIpc) is 2.16. The Kier molecular flexibility index (Phi) is 14.0. The molecule has 0 aromatic rings. The topological polar surface area (TPSA) is 9.23 Å². The molecule has 0 spiro atoms. The Hall–Kier alpha value is 1.01. The summed E-state index contributed by atoms with van der Waals surface area (Å²) in [5.41, 5.74) is 0. The van der Waals surface area contributed by atoms with Gasteiger partial charge in [0.25, 0.3) is 0 Å². The predicted molar refractivity (Wildman–Crippen MR) is 69.6 cm³/mol. The van der Waals surface area contributed by atoms with Crippen molar-refractivity contribution in [3.63, 3.8) is 0 Å². The molecule has 0 aromatic heterocycles. The van der Waals surface area contributed by atoms with E-state index in [0.29, 0.717) is 0 Å². The van der Waals surface area contributed by atoms with Crippen molar-refractivity contribution in [3.05, 3.63) is 0 Å². The molecule has 0 aromatic carbocycles. The fourth-order valence-electron chi connectivity index (χ4n) is 0.751. The molecule has 0 bridgehead atoms. The summed E-state index contributed by atoms with van der Waals surface area (Å²) in [6.45, 7) is 3.96. The third-order valence-electron chi connectivity index (χ3n) is 1.33. The minimum Gasteiger partial charge on any atom is -0.381 e. The summed E-state index contributed by atoms with van der Waals surface area (Å²) >= 11 is 8.12. The van der Waals surface area contributed by atoms with E-state index in [1.54, 1.807) is 0 Å². The van der Waals surface area contributed by atoms with Gasteiger partial charge in [0.15, 0.2) is 0 Å². The molecule has 13 heavy (non-hydrogen) atoms. The van der Waals surface area contributed by atoms with E-state index in [1.807, 2.05) is 23.5 Å². The largest absolute Gasteiger partial charge is 0.381 e. The SMILES string of the molecule is CCCOCCSCCSCCS. The minimum atomic E-state index is 0.912. The van der Waals surface area contributed by atoms with Gasteiger partial charge in [-0.25, -0.2) is 0 Å². The van der Waals surface area contributed by atoms with Gasteiger partial charge < -0.3 is 4.74 Å². The standard InChI is InChI=1S/C9H20OS3/c1-2-3-10-4-6-12-8-9-13-7-5-11/h11H,2-9H2,1H3. The van der Waals surface area contributed by atoms with Crippen LogP contribution in [-0.4, -0.2) is 42.0 Å². The van der Waals surface area contributed by atoms with Crippen LogP contribution in [-0.2, 0) is 4.74 Å². The van der Waals surface area contributed by atoms with E-state index >= 15 is 0 Å². The molecule has 0 radical (unpaired) electrons. The van der Waals surface area contributed by atoms with Crippen LogP contribution in [0.25, 0.3) is 0 Å². The van der Waals surface area contributed by atoms with Crippen LogP contribution in [0.1, 0.15) is 13.3 Å². The summed E-state index contributed by atoms with van der Waals surface area (Å²) in [7, 11) is 0. The highest BCUT2D eigenvalue weighted by molar-refractivity contribution is 8.03. The zero-order valence-corrected chi connectivity index (χ0v) is 10.9. The van der Waals surface area contributed by atoms with Crippen molar-refractivity contribution in [3.8, 4) is 0 Å². The van der Waals surface area contributed by atoms with Gasteiger partial charge in [0.1, 0.15) is 0 Å². The number of thioether (sulfide) groups is 2. The van der Waals surface area contributed by atoms with Gasteiger partial charge in [0, 0.05) is 29.6 Å². The zero-order valence-electron chi connectivity index (χ0n) is 8.33. The second-order valence-electron chi connectivity index (χ2n) is 2.56. The summed E-state index contributed by atoms with van der Waals surface area (Å²) in [5, 5.41) is 0. The van der Waals surface area contributed by atoms with Crippen LogP contribution in [0.5, 0.6) is 0 Å². The Morgan fingerprint density at radius 1 is 1.00 bits per heavy atom. The molecule has 0 heterocycles. The van der Waals surface area contributed by atoms with Crippen LogP contribution < -0.4 is 0 Å². The Balaban J connectivity index is 2.76. The predicted octanol–water partition coefficient (Wildman–Crippen LogP) is 2.81. The lowest BCUT2D eigenvalue weighted by Crippen LogP contribution is -1.99. The van der Waals surface area contributed by atoms with Crippen molar-refractivity contribution in [1.82, 2.24) is 0 Å². The van der Waals surface area contributed by atoms with Gasteiger partial charge >= 0.3 is 0 Å². The summed E-state index contributed by atoms with van der Waals surface area (Å²) in [6.07, 6.45) is 1.13. The summed E-state index contributed by atoms with van der Waals surface area (Å²) in [5.74, 6) is 5.80. The molecule has 0 saturated carbocycles. The van der Waals surface area contributed by atoms with Crippen molar-refractivity contribution in [2.75, 3.05) is 42.0 Å². The molecule has 80 valence electrons. The number of hydrogen-bond acceptors (Lipinski definition) is 4. The number of hydrogen-bond donors (Lipinski definition) is 1. The molecule has 0 amide bonds. The van der Waals surface area contributed by atoms with E-state index in [-0.39, 0.29) is 0 Å². The van der Waals surface area contributed by atoms with Crippen LogP contribution >= 0.6 is 36.2 Å². The van der Waals surface area contributed by atoms with Gasteiger partial charge in [0.05, 0.1) is 6.61 Å². The van der Waals surface area contributed by atoms with Gasteiger partial charge in [-0.2, -0.15) is 36.2 Å². The Bertz CT molecular complexity index is 80.9. The van der Waals surface area contributed by atoms with Crippen LogP contribution in [0, 0.1) is 0 Å². The Morgan fingerprint density at radius 3 is 2.31 bits per heavy atom.